The Kier molecular flexibility index (Phi) is 4.02. The molecule has 0 atom stereocenters. The van der Waals surface area contributed by atoms with Crippen LogP contribution >= 0.6 is 0 Å². The van der Waals surface area contributed by atoms with E-state index in [1.165, 1.54) is 24.1 Å². The Labute approximate surface area is 142 Å². The minimum Gasteiger partial charge on any atom is -0.345 e. The number of halogens is 3. The number of rotatable bonds is 2. The zero-order valence-corrected chi connectivity index (χ0v) is 13.9. The number of alkyl halides is 3. The van der Waals surface area contributed by atoms with E-state index in [-0.39, 0.29) is 22.6 Å². The van der Waals surface area contributed by atoms with Crippen molar-refractivity contribution in [3.63, 3.8) is 0 Å². The highest BCUT2D eigenvalue weighted by atomic mass is 19.4. The van der Waals surface area contributed by atoms with Crippen LogP contribution in [-0.2, 0) is 6.18 Å². The highest BCUT2D eigenvalue weighted by Gasteiger charge is 2.36. The van der Waals surface area contributed by atoms with E-state index in [9.17, 15) is 18.0 Å². The van der Waals surface area contributed by atoms with E-state index in [4.69, 9.17) is 0 Å². The fourth-order valence-corrected chi connectivity index (χ4v) is 2.81. The smallest absolute Gasteiger partial charge is 0.345 e. The quantitative estimate of drug-likeness (QED) is 0.753. The molecule has 0 aliphatic rings. The van der Waals surface area contributed by atoms with Crippen molar-refractivity contribution in [1.82, 2.24) is 14.9 Å². The third-order valence-corrected chi connectivity index (χ3v) is 3.97. The van der Waals surface area contributed by atoms with Gasteiger partial charge in [-0.15, -0.1) is 0 Å². The molecule has 0 unspecified atom stereocenters. The first kappa shape index (κ1) is 17.0. The number of aryl methyl sites for hydroxylation is 1. The van der Waals surface area contributed by atoms with Gasteiger partial charge in [0.05, 0.1) is 5.56 Å². The molecule has 0 spiro atoms. The van der Waals surface area contributed by atoms with Gasteiger partial charge < -0.3 is 9.88 Å². The molecular formula is C18H16F3N3O. The predicted octanol–water partition coefficient (Wildman–Crippen LogP) is 4.26. The second-order valence-corrected chi connectivity index (χ2v) is 6.02. The first-order chi connectivity index (χ1) is 11.7. The number of hydrogen-bond acceptors (Lipinski definition) is 2. The van der Waals surface area contributed by atoms with Crippen LogP contribution in [0.1, 0.15) is 21.6 Å². The molecule has 2 aromatic heterocycles. The number of aromatic amines is 1. The molecule has 0 fully saturated rings. The first-order valence-electron chi connectivity index (χ1n) is 7.56. The summed E-state index contributed by atoms with van der Waals surface area (Å²) >= 11 is 0. The summed E-state index contributed by atoms with van der Waals surface area (Å²) in [6.07, 6.45) is -2.97. The highest BCUT2D eigenvalue weighted by molar-refractivity contribution is 5.95. The van der Waals surface area contributed by atoms with Gasteiger partial charge in [0.2, 0.25) is 0 Å². The average molecular weight is 347 g/mol. The number of aromatic nitrogens is 2. The van der Waals surface area contributed by atoms with Gasteiger partial charge in [-0.2, -0.15) is 13.2 Å². The van der Waals surface area contributed by atoms with Crippen LogP contribution in [-0.4, -0.2) is 34.9 Å². The molecule has 2 heterocycles. The summed E-state index contributed by atoms with van der Waals surface area (Å²) in [5, 5.41) is 0.0202. The van der Waals surface area contributed by atoms with Crippen molar-refractivity contribution in [2.45, 2.75) is 13.1 Å². The van der Waals surface area contributed by atoms with Gasteiger partial charge in [-0.05, 0) is 30.7 Å². The molecule has 1 amide bonds. The van der Waals surface area contributed by atoms with Gasteiger partial charge in [-0.25, -0.2) is 4.98 Å². The Morgan fingerprint density at radius 2 is 1.88 bits per heavy atom. The number of benzene rings is 1. The molecule has 130 valence electrons. The van der Waals surface area contributed by atoms with Gasteiger partial charge >= 0.3 is 6.18 Å². The van der Waals surface area contributed by atoms with Crippen LogP contribution in [0, 0.1) is 6.92 Å². The lowest BCUT2D eigenvalue weighted by atomic mass is 10.0. The molecule has 7 heteroatoms. The first-order valence-corrected chi connectivity index (χ1v) is 7.56. The number of hydrogen-bond donors (Lipinski definition) is 1. The van der Waals surface area contributed by atoms with Gasteiger partial charge in [0.25, 0.3) is 5.91 Å². The Balaban J connectivity index is 2.14. The van der Waals surface area contributed by atoms with Crippen LogP contribution in [0.5, 0.6) is 0 Å². The van der Waals surface area contributed by atoms with E-state index in [2.05, 4.69) is 9.97 Å². The Bertz CT molecular complexity index is 958. The topological polar surface area (TPSA) is 49.0 Å². The number of H-pyrrole nitrogens is 1. The van der Waals surface area contributed by atoms with Crippen molar-refractivity contribution in [3.05, 3.63) is 53.3 Å². The molecule has 0 aliphatic carbocycles. The molecule has 1 N–H and O–H groups in total. The van der Waals surface area contributed by atoms with Crippen LogP contribution < -0.4 is 0 Å². The van der Waals surface area contributed by atoms with Crippen molar-refractivity contribution in [2.24, 2.45) is 0 Å². The lowest BCUT2D eigenvalue weighted by Crippen LogP contribution is -2.21. The van der Waals surface area contributed by atoms with Gasteiger partial charge in [0, 0.05) is 42.5 Å². The second-order valence-electron chi connectivity index (χ2n) is 6.02. The summed E-state index contributed by atoms with van der Waals surface area (Å²) in [5.74, 6) is -0.177. The SMILES string of the molecule is Cc1[nH]c2ncc(-c3cccc(C(=O)N(C)C)c3)cc2c1C(F)(F)F. The third-order valence-electron chi connectivity index (χ3n) is 3.97. The van der Waals surface area contributed by atoms with Crippen molar-refractivity contribution >= 4 is 16.9 Å². The summed E-state index contributed by atoms with van der Waals surface area (Å²) in [7, 11) is 3.28. The molecular weight excluding hydrogens is 331 g/mol. The zero-order valence-electron chi connectivity index (χ0n) is 13.9. The maximum absolute atomic E-state index is 13.3. The summed E-state index contributed by atoms with van der Waals surface area (Å²) in [5.41, 5.74) is 1.12. The van der Waals surface area contributed by atoms with Crippen LogP contribution in [0.15, 0.2) is 36.5 Å². The summed E-state index contributed by atoms with van der Waals surface area (Å²) in [6.45, 7) is 1.38. The van der Waals surface area contributed by atoms with Crippen LogP contribution in [0.3, 0.4) is 0 Å². The summed E-state index contributed by atoms with van der Waals surface area (Å²) in [6, 6.07) is 8.20. The van der Waals surface area contributed by atoms with Crippen LogP contribution in [0.4, 0.5) is 13.2 Å². The largest absolute Gasteiger partial charge is 0.418 e. The second kappa shape index (κ2) is 5.91. The maximum Gasteiger partial charge on any atom is 0.418 e. The number of carbonyl (C=O) groups is 1. The third kappa shape index (κ3) is 3.09. The van der Waals surface area contributed by atoms with E-state index >= 15 is 0 Å². The van der Waals surface area contributed by atoms with Crippen molar-refractivity contribution in [1.29, 1.82) is 0 Å². The predicted molar refractivity (Wildman–Crippen MR) is 89.3 cm³/mol. The summed E-state index contributed by atoms with van der Waals surface area (Å²) < 4.78 is 39.9. The number of amides is 1. The fourth-order valence-electron chi connectivity index (χ4n) is 2.81. The molecule has 3 rings (SSSR count). The summed E-state index contributed by atoms with van der Waals surface area (Å²) in [4.78, 5) is 20.3. The molecule has 0 saturated carbocycles. The van der Waals surface area contributed by atoms with E-state index in [0.717, 1.165) is 0 Å². The van der Waals surface area contributed by atoms with Gasteiger partial charge in [0.1, 0.15) is 5.65 Å². The van der Waals surface area contributed by atoms with Gasteiger partial charge in [-0.1, -0.05) is 12.1 Å². The normalized spacial score (nSPS) is 11.8. The minimum atomic E-state index is -4.47. The van der Waals surface area contributed by atoms with E-state index in [0.29, 0.717) is 16.7 Å². The highest BCUT2D eigenvalue weighted by Crippen LogP contribution is 2.38. The fraction of sp³-hybridized carbons (Fsp3) is 0.222. The maximum atomic E-state index is 13.3. The lowest BCUT2D eigenvalue weighted by Gasteiger charge is -2.11. The molecule has 0 aliphatic heterocycles. The molecule has 1 aromatic carbocycles. The molecule has 25 heavy (non-hydrogen) atoms. The number of carbonyl (C=O) groups excluding carboxylic acids is 1. The Hall–Kier alpha value is -2.83. The Morgan fingerprint density at radius 1 is 1.16 bits per heavy atom. The van der Waals surface area contributed by atoms with Crippen molar-refractivity contribution in [3.8, 4) is 11.1 Å². The molecule has 0 saturated heterocycles. The number of nitrogens with zero attached hydrogens (tertiary/aromatic N) is 2. The van der Waals surface area contributed by atoms with Crippen molar-refractivity contribution in [2.75, 3.05) is 14.1 Å². The van der Waals surface area contributed by atoms with Crippen LogP contribution in [0.25, 0.3) is 22.2 Å². The minimum absolute atomic E-state index is 0.0202. The zero-order chi connectivity index (χ0) is 18.4. The van der Waals surface area contributed by atoms with Gasteiger partial charge in [0.15, 0.2) is 0 Å². The number of fused-ring (bicyclic) bond motifs is 1. The van der Waals surface area contributed by atoms with Crippen LogP contribution in [0.2, 0.25) is 0 Å². The standard InChI is InChI=1S/C18H16F3N3O/c1-10-15(18(19,20)21)14-8-13(9-22-16(14)23-10)11-5-4-6-12(7-11)17(25)24(2)3/h4-9H,1-3H3,(H,22,23). The molecule has 4 nitrogen and oxygen atoms in total. The number of nitrogens with one attached hydrogen (secondary N) is 1. The van der Waals surface area contributed by atoms with E-state index in [1.807, 2.05) is 0 Å². The van der Waals surface area contributed by atoms with E-state index in [1.54, 1.807) is 38.4 Å². The number of pyridine rings is 1. The molecule has 0 bridgehead atoms. The molecule has 3 aromatic rings. The Morgan fingerprint density at radius 3 is 2.52 bits per heavy atom. The lowest BCUT2D eigenvalue weighted by molar-refractivity contribution is -0.136. The van der Waals surface area contributed by atoms with Gasteiger partial charge in [-0.3, -0.25) is 4.79 Å². The molecule has 0 radical (unpaired) electrons. The monoisotopic (exact) mass is 347 g/mol. The van der Waals surface area contributed by atoms with E-state index < -0.39 is 11.7 Å². The van der Waals surface area contributed by atoms with Crippen molar-refractivity contribution < 1.29 is 18.0 Å². The average Bonchev–Trinajstić information content (AvgIpc) is 2.89.